The topological polar surface area (TPSA) is 80.4 Å². The number of likely N-dealkylation sites (tertiary alicyclic amines) is 1. The molecule has 0 radical (unpaired) electrons. The maximum Gasteiger partial charge on any atom is 0.297 e. The molecule has 1 fully saturated rings. The number of amides is 1. The van der Waals surface area contributed by atoms with Gasteiger partial charge in [-0.05, 0) is 32.0 Å². The van der Waals surface area contributed by atoms with Crippen molar-refractivity contribution in [3.63, 3.8) is 0 Å². The van der Waals surface area contributed by atoms with E-state index in [1.807, 2.05) is 30.1 Å². The van der Waals surface area contributed by atoms with Crippen molar-refractivity contribution >= 4 is 28.0 Å². The van der Waals surface area contributed by atoms with Gasteiger partial charge in [0.15, 0.2) is 0 Å². The lowest BCUT2D eigenvalue weighted by Crippen LogP contribution is -2.43. The van der Waals surface area contributed by atoms with E-state index in [2.05, 4.69) is 10.3 Å². The summed E-state index contributed by atoms with van der Waals surface area (Å²) in [4.78, 5) is 31.5. The first-order valence-electron chi connectivity index (χ1n) is 8.50. The van der Waals surface area contributed by atoms with E-state index in [9.17, 15) is 9.59 Å². The summed E-state index contributed by atoms with van der Waals surface area (Å²) in [6.45, 7) is 1.49. The Labute approximate surface area is 144 Å². The maximum atomic E-state index is 12.7. The Morgan fingerprint density at radius 2 is 2.24 bits per heavy atom. The Bertz CT molecular complexity index is 991. The Morgan fingerprint density at radius 3 is 3.08 bits per heavy atom. The van der Waals surface area contributed by atoms with Crippen molar-refractivity contribution in [3.8, 4) is 0 Å². The number of fused-ring (bicyclic) bond motifs is 3. The first-order valence-corrected chi connectivity index (χ1v) is 8.50. The van der Waals surface area contributed by atoms with Crippen LogP contribution in [0, 0.1) is 0 Å². The van der Waals surface area contributed by atoms with Crippen LogP contribution in [0.5, 0.6) is 0 Å². The molecule has 3 aromatic rings. The van der Waals surface area contributed by atoms with Gasteiger partial charge in [-0.15, -0.1) is 0 Å². The van der Waals surface area contributed by atoms with E-state index in [1.165, 1.54) is 10.9 Å². The fourth-order valence-corrected chi connectivity index (χ4v) is 3.58. The summed E-state index contributed by atoms with van der Waals surface area (Å²) in [6, 6.07) is 7.59. The lowest BCUT2D eigenvalue weighted by molar-refractivity contribution is -0.132. The van der Waals surface area contributed by atoms with Crippen LogP contribution in [-0.4, -0.2) is 46.5 Å². The van der Waals surface area contributed by atoms with Gasteiger partial charge in [0.1, 0.15) is 17.6 Å². The molecule has 1 N–H and O–H groups in total. The van der Waals surface area contributed by atoms with Crippen molar-refractivity contribution in [2.24, 2.45) is 0 Å². The van der Waals surface area contributed by atoms with Crippen LogP contribution in [-0.2, 0) is 11.3 Å². The highest BCUT2D eigenvalue weighted by molar-refractivity contribution is 6.01. The predicted octanol–water partition coefficient (Wildman–Crippen LogP) is 1.35. The minimum Gasteiger partial charge on any atom is -0.448 e. The Hall–Kier alpha value is -2.67. The number of aromatic nitrogens is 2. The molecular formula is C18H20N4O3. The van der Waals surface area contributed by atoms with E-state index in [0.29, 0.717) is 11.1 Å². The number of hydrogen-bond acceptors (Lipinski definition) is 5. The van der Waals surface area contributed by atoms with Crippen LogP contribution >= 0.6 is 0 Å². The van der Waals surface area contributed by atoms with Gasteiger partial charge in [-0.2, -0.15) is 0 Å². The predicted molar refractivity (Wildman–Crippen MR) is 94.4 cm³/mol. The smallest absolute Gasteiger partial charge is 0.297 e. The summed E-state index contributed by atoms with van der Waals surface area (Å²) in [5, 5.41) is 3.93. The van der Waals surface area contributed by atoms with Gasteiger partial charge in [-0.3, -0.25) is 14.2 Å². The number of likely N-dealkylation sites (N-methyl/N-ethyl adjacent to an activating group) is 1. The number of rotatable bonds is 4. The maximum absolute atomic E-state index is 12.7. The van der Waals surface area contributed by atoms with Crippen LogP contribution in [0.15, 0.2) is 39.8 Å². The SMILES string of the molecule is CNCC1CCCN1C(=O)Cn1cnc2c(oc3ccccc32)c1=O. The molecule has 0 bridgehead atoms. The van der Waals surface area contributed by atoms with E-state index in [1.54, 1.807) is 6.07 Å². The zero-order chi connectivity index (χ0) is 17.4. The van der Waals surface area contributed by atoms with Crippen LogP contribution in [0.2, 0.25) is 0 Å². The second kappa shape index (κ2) is 6.33. The molecule has 25 heavy (non-hydrogen) atoms. The van der Waals surface area contributed by atoms with Gasteiger partial charge in [0.05, 0.1) is 6.33 Å². The molecule has 1 aliphatic heterocycles. The summed E-state index contributed by atoms with van der Waals surface area (Å²) in [5.41, 5.74) is 1.04. The number of nitrogens with one attached hydrogen (secondary N) is 1. The number of hydrogen-bond donors (Lipinski definition) is 1. The minimum absolute atomic E-state index is 0.0148. The van der Waals surface area contributed by atoms with Gasteiger partial charge in [0.25, 0.3) is 5.56 Å². The summed E-state index contributed by atoms with van der Waals surface area (Å²) in [5.74, 6) is -0.0582. The lowest BCUT2D eigenvalue weighted by atomic mass is 10.2. The molecule has 1 saturated heterocycles. The third-order valence-corrected chi connectivity index (χ3v) is 4.79. The van der Waals surface area contributed by atoms with Crippen LogP contribution in [0.3, 0.4) is 0 Å². The van der Waals surface area contributed by atoms with Crippen molar-refractivity contribution in [2.45, 2.75) is 25.4 Å². The van der Waals surface area contributed by atoms with Gasteiger partial charge in [-0.1, -0.05) is 12.1 Å². The van der Waals surface area contributed by atoms with Crippen molar-refractivity contribution in [1.82, 2.24) is 19.8 Å². The molecule has 1 atom stereocenters. The fraction of sp³-hybridized carbons (Fsp3) is 0.389. The molecule has 1 unspecified atom stereocenters. The minimum atomic E-state index is -0.320. The highest BCUT2D eigenvalue weighted by Gasteiger charge is 2.28. The molecule has 4 rings (SSSR count). The van der Waals surface area contributed by atoms with Gasteiger partial charge in [0.2, 0.25) is 11.5 Å². The van der Waals surface area contributed by atoms with Crippen molar-refractivity contribution in [2.75, 3.05) is 20.1 Å². The first-order chi connectivity index (χ1) is 12.2. The molecule has 0 saturated carbocycles. The third-order valence-electron chi connectivity index (χ3n) is 4.79. The molecule has 7 heteroatoms. The van der Waals surface area contributed by atoms with Gasteiger partial charge >= 0.3 is 0 Å². The summed E-state index contributed by atoms with van der Waals surface area (Å²) < 4.78 is 6.99. The van der Waals surface area contributed by atoms with E-state index in [-0.39, 0.29) is 29.6 Å². The number of furan rings is 1. The number of carbonyl (C=O) groups is 1. The molecule has 3 heterocycles. The van der Waals surface area contributed by atoms with Gasteiger partial charge in [-0.25, -0.2) is 4.98 Å². The third kappa shape index (κ3) is 2.70. The molecule has 1 amide bonds. The Morgan fingerprint density at radius 1 is 1.40 bits per heavy atom. The second-order valence-corrected chi connectivity index (χ2v) is 6.39. The van der Waals surface area contributed by atoms with E-state index < -0.39 is 0 Å². The van der Waals surface area contributed by atoms with Crippen LogP contribution in [0.1, 0.15) is 12.8 Å². The highest BCUT2D eigenvalue weighted by Crippen LogP contribution is 2.24. The van der Waals surface area contributed by atoms with E-state index in [4.69, 9.17) is 4.42 Å². The van der Waals surface area contributed by atoms with Gasteiger partial charge < -0.3 is 14.6 Å². The molecule has 0 spiro atoms. The monoisotopic (exact) mass is 340 g/mol. The van der Waals surface area contributed by atoms with Crippen LogP contribution < -0.4 is 10.9 Å². The van der Waals surface area contributed by atoms with Crippen molar-refractivity contribution < 1.29 is 9.21 Å². The number of nitrogens with zero attached hydrogens (tertiary/aromatic N) is 3. The lowest BCUT2D eigenvalue weighted by Gasteiger charge is -2.24. The molecule has 7 nitrogen and oxygen atoms in total. The van der Waals surface area contributed by atoms with Gasteiger partial charge in [0, 0.05) is 24.5 Å². The zero-order valence-electron chi connectivity index (χ0n) is 14.1. The van der Waals surface area contributed by atoms with Crippen LogP contribution in [0.4, 0.5) is 0 Å². The van der Waals surface area contributed by atoms with Crippen molar-refractivity contribution in [1.29, 1.82) is 0 Å². The summed E-state index contributed by atoms with van der Waals surface area (Å²) in [7, 11) is 1.88. The number of benzene rings is 1. The largest absolute Gasteiger partial charge is 0.448 e. The van der Waals surface area contributed by atoms with E-state index >= 15 is 0 Å². The molecule has 2 aromatic heterocycles. The molecule has 0 aliphatic carbocycles. The zero-order valence-corrected chi connectivity index (χ0v) is 14.1. The second-order valence-electron chi connectivity index (χ2n) is 6.39. The quantitative estimate of drug-likeness (QED) is 0.775. The summed E-state index contributed by atoms with van der Waals surface area (Å²) in [6.07, 6.45) is 3.42. The molecule has 130 valence electrons. The molecule has 1 aliphatic rings. The highest BCUT2D eigenvalue weighted by atomic mass is 16.3. The number of para-hydroxylation sites is 1. The summed E-state index contributed by atoms with van der Waals surface area (Å²) >= 11 is 0. The standard InChI is InChI=1S/C18H20N4O3/c1-19-9-12-5-4-8-22(12)15(23)10-21-11-20-16-13-6-2-3-7-14(13)25-17(16)18(21)24/h2-3,6-7,11-12,19H,4-5,8-10H2,1H3. The van der Waals surface area contributed by atoms with E-state index in [0.717, 1.165) is 31.3 Å². The fourth-order valence-electron chi connectivity index (χ4n) is 3.58. The Balaban J connectivity index is 1.65. The molecular weight excluding hydrogens is 320 g/mol. The van der Waals surface area contributed by atoms with Crippen molar-refractivity contribution in [3.05, 3.63) is 40.9 Å². The average Bonchev–Trinajstić information content (AvgIpc) is 3.22. The average molecular weight is 340 g/mol. The Kier molecular flexibility index (Phi) is 4.01. The first kappa shape index (κ1) is 15.8. The normalized spacial score (nSPS) is 17.6. The number of carbonyl (C=O) groups excluding carboxylic acids is 1. The van der Waals surface area contributed by atoms with Crippen LogP contribution in [0.25, 0.3) is 22.1 Å². The molecule has 1 aromatic carbocycles.